The van der Waals surface area contributed by atoms with Crippen LogP contribution in [0.1, 0.15) is 46.7 Å². The lowest BCUT2D eigenvalue weighted by Crippen LogP contribution is -2.48. The van der Waals surface area contributed by atoms with Gasteiger partial charge < -0.3 is 24.9 Å². The molecule has 0 bridgehead atoms. The van der Waals surface area contributed by atoms with Crippen LogP contribution in [0, 0.1) is 19.8 Å². The summed E-state index contributed by atoms with van der Waals surface area (Å²) in [5, 5.41) is 6.28. The van der Waals surface area contributed by atoms with Crippen molar-refractivity contribution in [2.24, 2.45) is 5.92 Å². The number of ether oxygens (including phenoxy) is 1. The molecular formula is C25H30F2N4O3. The topological polar surface area (TPSA) is 88.2 Å². The van der Waals surface area contributed by atoms with Gasteiger partial charge in [0.25, 0.3) is 17.4 Å². The average molecular weight is 473 g/mol. The second-order valence-corrected chi connectivity index (χ2v) is 8.93. The van der Waals surface area contributed by atoms with Gasteiger partial charge in [-0.25, -0.2) is 8.78 Å². The fourth-order valence-electron chi connectivity index (χ4n) is 5.12. The number of hydrogen-bond donors (Lipinski definition) is 3. The molecular weight excluding hydrogens is 442 g/mol. The summed E-state index contributed by atoms with van der Waals surface area (Å²) in [5.74, 6) is -3.68. The lowest BCUT2D eigenvalue weighted by atomic mass is 9.87. The van der Waals surface area contributed by atoms with Crippen LogP contribution in [0.5, 0.6) is 5.75 Å². The fraction of sp³-hybridized carbons (Fsp3) is 0.440. The van der Waals surface area contributed by atoms with E-state index < -0.39 is 17.9 Å². The molecule has 9 heteroatoms. The van der Waals surface area contributed by atoms with E-state index in [0.29, 0.717) is 46.6 Å². The number of alkyl halides is 2. The number of rotatable bonds is 6. The Hall–Kier alpha value is -3.20. The fourth-order valence-corrected chi connectivity index (χ4v) is 5.12. The molecule has 0 aliphatic carbocycles. The molecule has 34 heavy (non-hydrogen) atoms. The Labute approximate surface area is 196 Å². The maximum atomic E-state index is 14.7. The molecule has 3 aromatic rings. The minimum Gasteiger partial charge on any atom is -0.496 e. The number of halogens is 2. The molecule has 0 spiro atoms. The third kappa shape index (κ3) is 4.20. The molecule has 0 radical (unpaired) electrons. The Kier molecular flexibility index (Phi) is 6.49. The van der Waals surface area contributed by atoms with Gasteiger partial charge in [0.2, 0.25) is 0 Å². The number of para-hydroxylation sites is 1. The number of aromatic amines is 1. The van der Waals surface area contributed by atoms with E-state index in [2.05, 4.69) is 15.6 Å². The molecule has 3 heterocycles. The number of carbonyl (C=O) groups excluding carboxylic acids is 1. The Morgan fingerprint density at radius 1 is 1.32 bits per heavy atom. The third-order valence-corrected chi connectivity index (χ3v) is 6.78. The lowest BCUT2D eigenvalue weighted by molar-refractivity contribution is -0.0890. The maximum absolute atomic E-state index is 14.7. The monoisotopic (exact) mass is 472 g/mol. The van der Waals surface area contributed by atoms with Crippen LogP contribution in [-0.4, -0.2) is 41.6 Å². The second kappa shape index (κ2) is 9.21. The summed E-state index contributed by atoms with van der Waals surface area (Å²) in [4.78, 5) is 28.5. The van der Waals surface area contributed by atoms with Gasteiger partial charge in [0.1, 0.15) is 5.75 Å². The summed E-state index contributed by atoms with van der Waals surface area (Å²) in [6, 6.07) is 8.51. The zero-order valence-electron chi connectivity index (χ0n) is 19.8. The number of benzene rings is 1. The van der Waals surface area contributed by atoms with Crippen molar-refractivity contribution in [3.8, 4) is 5.75 Å². The van der Waals surface area contributed by atoms with E-state index in [-0.39, 0.29) is 24.6 Å². The lowest BCUT2D eigenvalue weighted by Gasteiger charge is -2.37. The Balaban J connectivity index is 1.70. The van der Waals surface area contributed by atoms with Gasteiger partial charge in [-0.15, -0.1) is 0 Å². The first-order valence-corrected chi connectivity index (χ1v) is 11.4. The number of methoxy groups -OCH3 is 1. The molecule has 1 amide bonds. The molecule has 1 aliphatic heterocycles. The minimum absolute atomic E-state index is 0.0293. The number of nitrogens with one attached hydrogen (secondary N) is 3. The van der Waals surface area contributed by atoms with E-state index in [0.717, 1.165) is 5.52 Å². The van der Waals surface area contributed by atoms with Crippen LogP contribution in [0.2, 0.25) is 0 Å². The second-order valence-electron chi connectivity index (χ2n) is 8.93. The first-order valence-electron chi connectivity index (χ1n) is 11.4. The van der Waals surface area contributed by atoms with Crippen molar-refractivity contribution in [2.45, 2.75) is 45.7 Å². The number of amides is 1. The zero-order valence-corrected chi connectivity index (χ0v) is 19.8. The third-order valence-electron chi connectivity index (χ3n) is 6.78. The number of fused-ring (bicyclic) bond motifs is 1. The van der Waals surface area contributed by atoms with Crippen molar-refractivity contribution < 1.29 is 18.3 Å². The molecule has 3 N–H and O–H groups in total. The van der Waals surface area contributed by atoms with E-state index in [9.17, 15) is 18.4 Å². The molecule has 0 saturated carbocycles. The van der Waals surface area contributed by atoms with E-state index in [1.54, 1.807) is 26.8 Å². The quantitative estimate of drug-likeness (QED) is 0.511. The summed E-state index contributed by atoms with van der Waals surface area (Å²) >= 11 is 0. The number of aromatic nitrogens is 2. The molecule has 1 aromatic carbocycles. The first kappa shape index (κ1) is 23.9. The highest BCUT2D eigenvalue weighted by atomic mass is 19.3. The summed E-state index contributed by atoms with van der Waals surface area (Å²) in [6.07, 6.45) is 0.345. The molecule has 2 aromatic heterocycles. The molecule has 1 fully saturated rings. The SMILES string of the molecule is COc1cc(C)[nH]c(=O)c1CNC(=O)c1c(C)n([C@H](C)C2CCNCC2(F)F)c2ccccc12. The number of pyridine rings is 1. The first-order chi connectivity index (χ1) is 16.2. The van der Waals surface area contributed by atoms with Crippen molar-refractivity contribution >= 4 is 16.8 Å². The molecule has 7 nitrogen and oxygen atoms in total. The van der Waals surface area contributed by atoms with Gasteiger partial charge in [-0.05, 0) is 45.9 Å². The van der Waals surface area contributed by atoms with Gasteiger partial charge in [-0.2, -0.15) is 0 Å². The van der Waals surface area contributed by atoms with Crippen molar-refractivity contribution in [3.63, 3.8) is 0 Å². The minimum atomic E-state index is -2.85. The molecule has 182 valence electrons. The van der Waals surface area contributed by atoms with Gasteiger partial charge in [0, 0.05) is 34.3 Å². The number of hydrogen-bond acceptors (Lipinski definition) is 4. The van der Waals surface area contributed by atoms with Crippen LogP contribution in [-0.2, 0) is 6.54 Å². The molecule has 1 unspecified atom stereocenters. The largest absolute Gasteiger partial charge is 0.496 e. The number of nitrogens with zero attached hydrogens (tertiary/aromatic N) is 1. The van der Waals surface area contributed by atoms with Crippen LogP contribution < -0.4 is 20.9 Å². The molecule has 4 rings (SSSR count). The van der Waals surface area contributed by atoms with Crippen LogP contribution in [0.4, 0.5) is 8.78 Å². The van der Waals surface area contributed by atoms with Crippen LogP contribution in [0.25, 0.3) is 10.9 Å². The van der Waals surface area contributed by atoms with Crippen molar-refractivity contribution in [2.75, 3.05) is 20.2 Å². The highest BCUT2D eigenvalue weighted by molar-refractivity contribution is 6.08. The van der Waals surface area contributed by atoms with E-state index in [1.165, 1.54) is 7.11 Å². The highest BCUT2D eigenvalue weighted by Crippen LogP contribution is 2.40. The van der Waals surface area contributed by atoms with Crippen molar-refractivity contribution in [1.29, 1.82) is 0 Å². The Morgan fingerprint density at radius 3 is 2.76 bits per heavy atom. The van der Waals surface area contributed by atoms with Crippen molar-refractivity contribution in [3.05, 3.63) is 63.2 Å². The maximum Gasteiger partial charge on any atom is 0.265 e. The number of carbonyl (C=O) groups is 1. The van der Waals surface area contributed by atoms with Gasteiger partial charge in [0.05, 0.1) is 31.3 Å². The van der Waals surface area contributed by atoms with Crippen molar-refractivity contribution in [1.82, 2.24) is 20.2 Å². The van der Waals surface area contributed by atoms with Crippen LogP contribution in [0.15, 0.2) is 35.1 Å². The molecule has 2 atom stereocenters. The number of aryl methyl sites for hydroxylation is 1. The smallest absolute Gasteiger partial charge is 0.265 e. The number of piperidine rings is 1. The summed E-state index contributed by atoms with van der Waals surface area (Å²) < 4.78 is 36.7. The van der Waals surface area contributed by atoms with E-state index in [4.69, 9.17) is 4.74 Å². The van der Waals surface area contributed by atoms with Gasteiger partial charge in [0.15, 0.2) is 0 Å². The summed E-state index contributed by atoms with van der Waals surface area (Å²) in [7, 11) is 1.47. The number of H-pyrrole nitrogens is 1. The summed E-state index contributed by atoms with van der Waals surface area (Å²) in [6.45, 7) is 5.48. The predicted molar refractivity (Wildman–Crippen MR) is 127 cm³/mol. The predicted octanol–water partition coefficient (Wildman–Crippen LogP) is 3.69. The van der Waals surface area contributed by atoms with E-state index in [1.807, 2.05) is 28.8 Å². The zero-order chi connectivity index (χ0) is 24.6. The molecule has 1 saturated heterocycles. The van der Waals surface area contributed by atoms with E-state index >= 15 is 0 Å². The summed E-state index contributed by atoms with van der Waals surface area (Å²) in [5.41, 5.74) is 2.40. The highest BCUT2D eigenvalue weighted by Gasteiger charge is 2.45. The Bertz CT molecular complexity index is 1280. The normalized spacial score (nSPS) is 18.6. The average Bonchev–Trinajstić information content (AvgIpc) is 3.08. The van der Waals surface area contributed by atoms with Gasteiger partial charge in [-0.1, -0.05) is 18.2 Å². The molecule has 1 aliphatic rings. The van der Waals surface area contributed by atoms with Gasteiger partial charge in [-0.3, -0.25) is 9.59 Å². The Morgan fingerprint density at radius 2 is 2.06 bits per heavy atom. The van der Waals surface area contributed by atoms with Gasteiger partial charge >= 0.3 is 0 Å². The standard InChI is InChI=1S/C25H30F2N4O3/c1-14-11-21(34-4)18(23(32)30-14)12-29-24(33)22-16(3)31(20-8-6-5-7-17(20)22)15(2)19-9-10-28-13-25(19,26)27/h5-8,11,15,19,28H,9-10,12-13H2,1-4H3,(H,29,33)(H,30,32)/t15-,19?/m1/s1. The van der Waals surface area contributed by atoms with Crippen LogP contribution >= 0.6 is 0 Å². The van der Waals surface area contributed by atoms with Crippen LogP contribution in [0.3, 0.4) is 0 Å².